The Morgan fingerprint density at radius 2 is 1.95 bits per heavy atom. The molecule has 2 amide bonds. The number of rotatable bonds is 2. The fourth-order valence-electron chi connectivity index (χ4n) is 2.21. The third-order valence-corrected chi connectivity index (χ3v) is 3.30. The molecule has 1 saturated heterocycles. The number of nitrogens with one attached hydrogen (secondary N) is 1. The Balaban J connectivity index is 2.01. The minimum atomic E-state index is -0.435. The molecule has 0 unspecified atom stereocenters. The SMILES string of the molecule is COc1cc(NC(=O)N2CCCCCC2)ccc1F. The van der Waals surface area contributed by atoms with E-state index < -0.39 is 5.82 Å². The molecule has 1 fully saturated rings. The lowest BCUT2D eigenvalue weighted by atomic mass is 10.2. The Hall–Kier alpha value is -1.78. The van der Waals surface area contributed by atoms with Gasteiger partial charge in [-0.15, -0.1) is 0 Å². The Kier molecular flexibility index (Phi) is 4.60. The second-order valence-electron chi connectivity index (χ2n) is 4.68. The number of carbonyl (C=O) groups is 1. The maximum Gasteiger partial charge on any atom is 0.321 e. The van der Waals surface area contributed by atoms with Crippen LogP contribution in [0.3, 0.4) is 0 Å². The zero-order chi connectivity index (χ0) is 13.7. The van der Waals surface area contributed by atoms with E-state index in [0.29, 0.717) is 5.69 Å². The molecule has 0 radical (unpaired) electrons. The quantitative estimate of drug-likeness (QED) is 0.892. The van der Waals surface area contributed by atoms with E-state index in [1.807, 2.05) is 4.90 Å². The van der Waals surface area contributed by atoms with Crippen LogP contribution in [0.4, 0.5) is 14.9 Å². The average Bonchev–Trinajstić information content (AvgIpc) is 2.70. The van der Waals surface area contributed by atoms with Gasteiger partial charge in [0.1, 0.15) is 0 Å². The van der Waals surface area contributed by atoms with Crippen molar-refractivity contribution in [3.8, 4) is 5.75 Å². The van der Waals surface area contributed by atoms with Gasteiger partial charge in [-0.05, 0) is 25.0 Å². The highest BCUT2D eigenvalue weighted by atomic mass is 19.1. The third-order valence-electron chi connectivity index (χ3n) is 3.30. The number of nitrogens with zero attached hydrogens (tertiary/aromatic N) is 1. The van der Waals surface area contributed by atoms with Crippen LogP contribution in [0, 0.1) is 5.82 Å². The molecular formula is C14H19FN2O2. The first-order valence-corrected chi connectivity index (χ1v) is 6.60. The molecule has 0 atom stereocenters. The second-order valence-corrected chi connectivity index (χ2v) is 4.68. The molecule has 1 aliphatic rings. The Morgan fingerprint density at radius 1 is 1.26 bits per heavy atom. The van der Waals surface area contributed by atoms with Crippen molar-refractivity contribution in [2.45, 2.75) is 25.7 Å². The molecule has 1 aromatic rings. The Labute approximate surface area is 112 Å². The van der Waals surface area contributed by atoms with Crippen LogP contribution < -0.4 is 10.1 Å². The molecule has 0 spiro atoms. The molecule has 0 bridgehead atoms. The van der Waals surface area contributed by atoms with Crippen LogP contribution in [0.25, 0.3) is 0 Å². The standard InChI is InChI=1S/C14H19FN2O2/c1-19-13-10-11(6-7-12(13)15)16-14(18)17-8-4-2-3-5-9-17/h6-7,10H,2-5,8-9H2,1H3,(H,16,18). The summed E-state index contributed by atoms with van der Waals surface area (Å²) in [5.74, 6) is -0.302. The van der Waals surface area contributed by atoms with E-state index >= 15 is 0 Å². The van der Waals surface area contributed by atoms with Crippen molar-refractivity contribution in [2.24, 2.45) is 0 Å². The summed E-state index contributed by atoms with van der Waals surface area (Å²) in [5, 5.41) is 2.78. The maximum atomic E-state index is 13.3. The minimum absolute atomic E-state index is 0.129. The van der Waals surface area contributed by atoms with Crippen molar-refractivity contribution in [1.82, 2.24) is 4.90 Å². The van der Waals surface area contributed by atoms with Gasteiger partial charge in [0.15, 0.2) is 11.6 Å². The number of hydrogen-bond acceptors (Lipinski definition) is 2. The molecule has 4 nitrogen and oxygen atoms in total. The van der Waals surface area contributed by atoms with E-state index in [1.165, 1.54) is 38.2 Å². The molecule has 104 valence electrons. The van der Waals surface area contributed by atoms with Crippen LogP contribution in [0.2, 0.25) is 0 Å². The highest BCUT2D eigenvalue weighted by Gasteiger charge is 2.15. The normalized spacial score (nSPS) is 15.8. The highest BCUT2D eigenvalue weighted by Crippen LogP contribution is 2.22. The van der Waals surface area contributed by atoms with Crippen LogP contribution in [0.5, 0.6) is 5.75 Å². The zero-order valence-electron chi connectivity index (χ0n) is 11.1. The van der Waals surface area contributed by atoms with Crippen LogP contribution in [0.15, 0.2) is 18.2 Å². The van der Waals surface area contributed by atoms with Crippen molar-refractivity contribution >= 4 is 11.7 Å². The van der Waals surface area contributed by atoms with Crippen LogP contribution in [-0.2, 0) is 0 Å². The molecule has 0 aliphatic carbocycles. The predicted molar refractivity (Wildman–Crippen MR) is 72.0 cm³/mol. The molecule has 1 heterocycles. The number of hydrogen-bond donors (Lipinski definition) is 1. The summed E-state index contributed by atoms with van der Waals surface area (Å²) in [7, 11) is 1.40. The van der Waals surface area contributed by atoms with Gasteiger partial charge >= 0.3 is 6.03 Å². The second kappa shape index (κ2) is 6.41. The van der Waals surface area contributed by atoms with Crippen molar-refractivity contribution in [3.63, 3.8) is 0 Å². The lowest BCUT2D eigenvalue weighted by Crippen LogP contribution is -2.35. The molecule has 5 heteroatoms. The highest BCUT2D eigenvalue weighted by molar-refractivity contribution is 5.89. The molecule has 1 aromatic carbocycles. The first-order chi connectivity index (χ1) is 9.20. The van der Waals surface area contributed by atoms with Crippen LogP contribution in [-0.4, -0.2) is 31.1 Å². The number of benzene rings is 1. The largest absolute Gasteiger partial charge is 0.494 e. The van der Waals surface area contributed by atoms with E-state index in [0.717, 1.165) is 25.9 Å². The number of halogens is 1. The molecule has 19 heavy (non-hydrogen) atoms. The maximum absolute atomic E-state index is 13.3. The van der Waals surface area contributed by atoms with Gasteiger partial charge in [0.25, 0.3) is 0 Å². The summed E-state index contributed by atoms with van der Waals surface area (Å²) in [6.45, 7) is 1.56. The van der Waals surface area contributed by atoms with Gasteiger partial charge in [0.2, 0.25) is 0 Å². The van der Waals surface area contributed by atoms with Gasteiger partial charge in [-0.2, -0.15) is 0 Å². The third kappa shape index (κ3) is 3.59. The fourth-order valence-corrected chi connectivity index (χ4v) is 2.21. The molecule has 0 aromatic heterocycles. The smallest absolute Gasteiger partial charge is 0.321 e. The predicted octanol–water partition coefficient (Wildman–Crippen LogP) is 3.24. The van der Waals surface area contributed by atoms with E-state index in [9.17, 15) is 9.18 Å². The van der Waals surface area contributed by atoms with Gasteiger partial charge < -0.3 is 15.0 Å². The van der Waals surface area contributed by atoms with Gasteiger partial charge in [-0.1, -0.05) is 12.8 Å². The summed E-state index contributed by atoms with van der Waals surface area (Å²) in [5.41, 5.74) is 0.549. The van der Waals surface area contributed by atoms with Gasteiger partial charge in [0, 0.05) is 24.8 Å². The number of urea groups is 1. The number of carbonyl (C=O) groups excluding carboxylic acids is 1. The van der Waals surface area contributed by atoms with Gasteiger partial charge in [-0.3, -0.25) is 0 Å². The zero-order valence-corrected chi connectivity index (χ0v) is 11.1. The molecule has 1 N–H and O–H groups in total. The van der Waals surface area contributed by atoms with Crippen LogP contribution >= 0.6 is 0 Å². The van der Waals surface area contributed by atoms with Crippen molar-refractivity contribution in [3.05, 3.63) is 24.0 Å². The monoisotopic (exact) mass is 266 g/mol. The van der Waals surface area contributed by atoms with Crippen molar-refractivity contribution in [2.75, 3.05) is 25.5 Å². The summed E-state index contributed by atoms with van der Waals surface area (Å²) in [4.78, 5) is 13.9. The molecule has 0 saturated carbocycles. The Morgan fingerprint density at radius 3 is 2.58 bits per heavy atom. The van der Waals surface area contributed by atoms with Gasteiger partial charge in [-0.25, -0.2) is 9.18 Å². The minimum Gasteiger partial charge on any atom is -0.494 e. The summed E-state index contributed by atoms with van der Waals surface area (Å²) in [6, 6.07) is 4.19. The molecule has 1 aliphatic heterocycles. The first-order valence-electron chi connectivity index (χ1n) is 6.60. The van der Waals surface area contributed by atoms with E-state index in [1.54, 1.807) is 0 Å². The molecule has 2 rings (SSSR count). The van der Waals surface area contributed by atoms with Crippen molar-refractivity contribution in [1.29, 1.82) is 0 Å². The Bertz CT molecular complexity index is 443. The van der Waals surface area contributed by atoms with E-state index in [2.05, 4.69) is 5.32 Å². The van der Waals surface area contributed by atoms with E-state index in [-0.39, 0.29) is 11.8 Å². The van der Waals surface area contributed by atoms with Crippen LogP contribution in [0.1, 0.15) is 25.7 Å². The average molecular weight is 266 g/mol. The number of methoxy groups -OCH3 is 1. The van der Waals surface area contributed by atoms with Gasteiger partial charge in [0.05, 0.1) is 7.11 Å². The summed E-state index contributed by atoms with van der Waals surface area (Å²) < 4.78 is 18.2. The van der Waals surface area contributed by atoms with Crippen molar-refractivity contribution < 1.29 is 13.9 Å². The number of amides is 2. The fraction of sp³-hybridized carbons (Fsp3) is 0.500. The summed E-state index contributed by atoms with van der Waals surface area (Å²) in [6.07, 6.45) is 4.43. The number of anilines is 1. The molecular weight excluding hydrogens is 247 g/mol. The number of ether oxygens (including phenoxy) is 1. The lowest BCUT2D eigenvalue weighted by Gasteiger charge is -2.21. The number of likely N-dealkylation sites (tertiary alicyclic amines) is 1. The topological polar surface area (TPSA) is 41.6 Å². The van der Waals surface area contributed by atoms with E-state index in [4.69, 9.17) is 4.74 Å². The lowest BCUT2D eigenvalue weighted by molar-refractivity contribution is 0.214. The summed E-state index contributed by atoms with van der Waals surface area (Å²) >= 11 is 0. The first kappa shape index (κ1) is 13.6.